The maximum absolute atomic E-state index is 13.5. The van der Waals surface area contributed by atoms with Gasteiger partial charge in [0.25, 0.3) is 4.98 Å². The van der Waals surface area contributed by atoms with E-state index in [0.29, 0.717) is 35.5 Å². The summed E-state index contributed by atoms with van der Waals surface area (Å²) in [6.07, 6.45) is -3.64. The van der Waals surface area contributed by atoms with Crippen molar-refractivity contribution in [2.24, 2.45) is 5.14 Å². The number of nitroso groups, excluding NO2 is 1. The molecule has 2 aromatic carbocycles. The normalized spacial score (nSPS) is 15.2. The topological polar surface area (TPSA) is 175 Å². The van der Waals surface area contributed by atoms with Gasteiger partial charge in [-0.3, -0.25) is 9.59 Å². The number of nitrogens with two attached hydrogens (primary N) is 1. The highest BCUT2D eigenvalue weighted by Gasteiger charge is 2.37. The maximum atomic E-state index is 13.5. The Morgan fingerprint density at radius 1 is 1.11 bits per heavy atom. The first-order valence-electron chi connectivity index (χ1n) is 13.0. The molecule has 4 rings (SSSR count). The van der Waals surface area contributed by atoms with Crippen LogP contribution in [-0.4, -0.2) is 66.1 Å². The molecule has 0 amide bonds. The van der Waals surface area contributed by atoms with E-state index in [4.69, 9.17) is 14.7 Å². The van der Waals surface area contributed by atoms with E-state index in [1.54, 1.807) is 12.1 Å². The quantitative estimate of drug-likeness (QED) is 0.0977. The number of alkyl halides is 3. The van der Waals surface area contributed by atoms with Gasteiger partial charge < -0.3 is 9.47 Å². The first-order valence-corrected chi connectivity index (χ1v) is 14.6. The van der Waals surface area contributed by atoms with E-state index >= 15 is 0 Å². The highest BCUT2D eigenvalue weighted by molar-refractivity contribution is 7.89. The number of sulfonamides is 1. The molecule has 1 fully saturated rings. The molecule has 3 aromatic rings. The molecule has 44 heavy (non-hydrogen) atoms. The number of rotatable bonds is 12. The van der Waals surface area contributed by atoms with Crippen molar-refractivity contribution in [3.05, 3.63) is 70.8 Å². The largest absolute Gasteiger partial charge is 0.463 e. The lowest BCUT2D eigenvalue weighted by atomic mass is 10.1. The van der Waals surface area contributed by atoms with Gasteiger partial charge in [0.15, 0.2) is 5.69 Å². The monoisotopic (exact) mass is 641 g/mol. The van der Waals surface area contributed by atoms with Crippen LogP contribution in [0.5, 0.6) is 0 Å². The third kappa shape index (κ3) is 8.29. The number of hydrogen-bond donors (Lipinski definition) is 2. The summed E-state index contributed by atoms with van der Waals surface area (Å²) in [7, 11) is -4.01. The predicted octanol–water partition coefficient (Wildman–Crippen LogP) is 2.41. The molecule has 1 aliphatic rings. The fourth-order valence-electron chi connectivity index (χ4n) is 4.37. The van der Waals surface area contributed by atoms with Crippen LogP contribution in [-0.2, 0) is 46.5 Å². The molecule has 1 aromatic heterocycles. The lowest BCUT2D eigenvalue weighted by molar-refractivity contribution is -0.793. The molecule has 2 heterocycles. The Morgan fingerprint density at radius 3 is 2.41 bits per heavy atom. The lowest BCUT2D eigenvalue weighted by Crippen LogP contribution is -2.46. The van der Waals surface area contributed by atoms with Gasteiger partial charge in [0, 0.05) is 18.1 Å². The molecule has 0 saturated carbocycles. The average molecular weight is 642 g/mol. The minimum atomic E-state index is -4.74. The zero-order valence-corrected chi connectivity index (χ0v) is 24.0. The number of esters is 2. The third-order valence-electron chi connectivity index (χ3n) is 6.49. The van der Waals surface area contributed by atoms with Crippen LogP contribution in [0.25, 0.3) is 16.9 Å². The number of benzene rings is 2. The fourth-order valence-corrected chi connectivity index (χ4v) is 4.89. The molecule has 1 aliphatic heterocycles. The zero-order valence-electron chi connectivity index (χ0n) is 23.2. The highest BCUT2D eigenvalue weighted by Crippen LogP contribution is 2.33. The van der Waals surface area contributed by atoms with Crippen LogP contribution >= 0.6 is 0 Å². The molecule has 14 nitrogen and oxygen atoms in total. The smallest absolute Gasteiger partial charge is 0.435 e. The summed E-state index contributed by atoms with van der Waals surface area (Å²) in [5.41, 5.74) is 2.03. The van der Waals surface area contributed by atoms with Crippen LogP contribution in [0, 0.1) is 4.91 Å². The van der Waals surface area contributed by atoms with E-state index in [9.17, 15) is 36.1 Å². The number of nitrogens with zero attached hydrogens (tertiary/aromatic N) is 4. The number of carbonyl (C=O) groups excluding carboxylic acids is 2. The summed E-state index contributed by atoms with van der Waals surface area (Å²) in [6.45, 7) is 1.01. The molecule has 0 aliphatic carbocycles. The van der Waals surface area contributed by atoms with Crippen molar-refractivity contribution in [1.82, 2.24) is 20.4 Å². The maximum Gasteiger partial charge on any atom is 0.435 e. The lowest BCUT2D eigenvalue weighted by Gasteiger charge is -2.16. The number of hydrazine groups is 2. The summed E-state index contributed by atoms with van der Waals surface area (Å²) in [5, 5.41) is 10.1. The van der Waals surface area contributed by atoms with E-state index in [2.05, 4.69) is 15.4 Å². The number of hydrogen-bond acceptors (Lipinski definition) is 9. The molecule has 3 N–H and O–H groups in total. The predicted molar refractivity (Wildman–Crippen MR) is 144 cm³/mol. The van der Waals surface area contributed by atoms with Gasteiger partial charge in [0.1, 0.15) is 12.6 Å². The van der Waals surface area contributed by atoms with Crippen LogP contribution in [0.1, 0.15) is 31.0 Å². The van der Waals surface area contributed by atoms with E-state index in [0.717, 1.165) is 22.9 Å². The minimum absolute atomic E-state index is 0.0729. The summed E-state index contributed by atoms with van der Waals surface area (Å²) < 4.78 is 74.6. The zero-order chi connectivity index (χ0) is 32.1. The van der Waals surface area contributed by atoms with Gasteiger partial charge >= 0.3 is 18.1 Å². The van der Waals surface area contributed by atoms with Crippen LogP contribution in [0.4, 0.5) is 13.2 Å². The Morgan fingerprint density at radius 2 is 1.80 bits per heavy atom. The van der Waals surface area contributed by atoms with Crippen molar-refractivity contribution in [2.45, 2.75) is 43.3 Å². The number of halogens is 3. The van der Waals surface area contributed by atoms with Crippen LogP contribution in [0.15, 0.2) is 59.5 Å². The molecule has 1 atom stereocenters. The van der Waals surface area contributed by atoms with Crippen LogP contribution in [0.2, 0.25) is 0 Å². The Labute approximate surface area is 249 Å². The van der Waals surface area contributed by atoms with E-state index in [1.165, 1.54) is 36.2 Å². The Bertz CT molecular complexity index is 1610. The molecule has 0 bridgehead atoms. The second-order valence-corrected chi connectivity index (χ2v) is 11.2. The van der Waals surface area contributed by atoms with Crippen molar-refractivity contribution < 1.29 is 50.5 Å². The van der Waals surface area contributed by atoms with E-state index in [-0.39, 0.29) is 29.3 Å². The van der Waals surface area contributed by atoms with Gasteiger partial charge in [0.05, 0.1) is 34.1 Å². The van der Waals surface area contributed by atoms with Crippen molar-refractivity contribution in [3.8, 4) is 16.9 Å². The second kappa shape index (κ2) is 13.4. The Balaban J connectivity index is 1.40. The summed E-state index contributed by atoms with van der Waals surface area (Å²) in [5.74, 6) is -1.16. The molecule has 236 valence electrons. The van der Waals surface area contributed by atoms with E-state index < -0.39 is 46.7 Å². The first-order chi connectivity index (χ1) is 20.7. The number of aromatic nitrogens is 2. The van der Waals surface area contributed by atoms with Gasteiger partial charge in [-0.15, -0.1) is 5.01 Å². The molecule has 0 spiro atoms. The molecule has 0 radical (unpaired) electrons. The van der Waals surface area contributed by atoms with Gasteiger partial charge in [0.2, 0.25) is 16.8 Å². The minimum Gasteiger partial charge on any atom is -0.463 e. The van der Waals surface area contributed by atoms with Crippen molar-refractivity contribution in [1.29, 1.82) is 0 Å². The van der Waals surface area contributed by atoms with Crippen molar-refractivity contribution >= 4 is 22.0 Å². The van der Waals surface area contributed by atoms with Gasteiger partial charge in [-0.1, -0.05) is 24.3 Å². The average Bonchev–Trinajstić information content (AvgIpc) is 3.62. The van der Waals surface area contributed by atoms with Gasteiger partial charge in [-0.2, -0.15) is 23.1 Å². The highest BCUT2D eigenvalue weighted by atomic mass is 32.2. The second-order valence-electron chi connectivity index (χ2n) is 9.64. The number of primary sulfonamides is 1. The number of ether oxygens (including phenoxy) is 2. The van der Waals surface area contributed by atoms with E-state index in [1.807, 2.05) is 0 Å². The van der Waals surface area contributed by atoms with Crippen molar-refractivity contribution in [3.63, 3.8) is 0 Å². The standard InChI is InChI=1S/C26H28F3N6O8S/c1-17(36)42-16-43-32-35(38)33-12-2-3-21(33)15-41-25(37)13-18-4-6-19(7-5-18)23-14-24(26(27,28)29)31-34(23)20-8-10-22(11-9-20)44(30,39)40/h4-11,14,21H,2-3,12-13,15-16H2,1H3,(H,32,38)(H2,30,39,40)/q+1. The summed E-state index contributed by atoms with van der Waals surface area (Å²) in [6, 6.07) is 11.5. The molecule has 18 heteroatoms. The summed E-state index contributed by atoms with van der Waals surface area (Å²) in [4.78, 5) is 40.4. The summed E-state index contributed by atoms with van der Waals surface area (Å²) >= 11 is 0. The fraction of sp³-hybridized carbons (Fsp3) is 0.346. The Kier molecular flexibility index (Phi) is 9.85. The number of carbonyl (C=O) groups is 2. The molecular weight excluding hydrogens is 613 g/mol. The number of nitrogens with one attached hydrogen (secondary N) is 1. The van der Waals surface area contributed by atoms with Crippen LogP contribution in [0.3, 0.4) is 0 Å². The van der Waals surface area contributed by atoms with Crippen molar-refractivity contribution in [2.75, 3.05) is 19.9 Å². The molecule has 1 saturated heterocycles. The molecule has 1 unspecified atom stereocenters. The third-order valence-corrected chi connectivity index (χ3v) is 7.42. The van der Waals surface area contributed by atoms with Gasteiger partial charge in [-0.25, -0.2) is 18.2 Å². The molecular formula is C26H28F3N6O8S+. The van der Waals surface area contributed by atoms with Crippen LogP contribution < -0.4 is 10.7 Å². The first kappa shape index (κ1) is 32.4. The van der Waals surface area contributed by atoms with Gasteiger partial charge in [-0.05, 0) is 48.7 Å². The Hall–Kier alpha value is -4.55. The SMILES string of the molecule is CC(=O)OCON[N+](=O)N1CCCC1COC(=O)Cc1ccc(-c2cc(C(F)(F)F)nn2-c2ccc(S(N)(=O)=O)cc2)cc1.